The first-order chi connectivity index (χ1) is 22.7. The summed E-state index contributed by atoms with van der Waals surface area (Å²) in [6, 6.07) is 22.4. The molecule has 47 heavy (non-hydrogen) atoms. The summed E-state index contributed by atoms with van der Waals surface area (Å²) >= 11 is 0. The number of pyridine rings is 1. The maximum Gasteiger partial charge on any atom is 0.416 e. The van der Waals surface area contributed by atoms with Crippen molar-refractivity contribution in [2.45, 2.75) is 56.4 Å². The van der Waals surface area contributed by atoms with Crippen LogP contribution in [0.2, 0.25) is 0 Å². The molecule has 1 atom stereocenters. The molecular formula is C36H36F3N5O3. The Balaban J connectivity index is 1.02. The topological polar surface area (TPSA) is 94.6 Å². The fourth-order valence-electron chi connectivity index (χ4n) is 6.67. The highest BCUT2D eigenvalue weighted by Crippen LogP contribution is 2.31. The number of carbonyl (C=O) groups excluding carboxylic acids is 3. The van der Waals surface area contributed by atoms with Crippen LogP contribution in [0.3, 0.4) is 0 Å². The first-order valence-corrected chi connectivity index (χ1v) is 15.9. The van der Waals surface area contributed by atoms with Gasteiger partial charge in [0.15, 0.2) is 0 Å². The van der Waals surface area contributed by atoms with Crippen molar-refractivity contribution in [1.29, 1.82) is 0 Å². The van der Waals surface area contributed by atoms with Crippen LogP contribution in [0.4, 0.5) is 18.9 Å². The quantitative estimate of drug-likeness (QED) is 0.252. The fourth-order valence-corrected chi connectivity index (χ4v) is 6.67. The lowest BCUT2D eigenvalue weighted by molar-refractivity contribution is -0.137. The summed E-state index contributed by atoms with van der Waals surface area (Å²) in [5, 5.41) is 7.08. The van der Waals surface area contributed by atoms with Crippen molar-refractivity contribution < 1.29 is 27.6 Å². The molecule has 1 aliphatic carbocycles. The molecule has 0 radical (unpaired) electrons. The average molecular weight is 644 g/mol. The van der Waals surface area contributed by atoms with Gasteiger partial charge in [0.2, 0.25) is 5.91 Å². The van der Waals surface area contributed by atoms with Crippen LogP contribution in [-0.2, 0) is 11.0 Å². The van der Waals surface area contributed by atoms with Crippen molar-refractivity contribution in [3.05, 3.63) is 108 Å². The van der Waals surface area contributed by atoms with Crippen LogP contribution in [0.25, 0.3) is 10.9 Å². The van der Waals surface area contributed by atoms with Crippen LogP contribution >= 0.6 is 0 Å². The molecule has 0 spiro atoms. The van der Waals surface area contributed by atoms with E-state index in [-0.39, 0.29) is 36.0 Å². The number of fused-ring (bicyclic) bond motifs is 1. The van der Waals surface area contributed by atoms with Crippen molar-refractivity contribution in [3.63, 3.8) is 0 Å². The molecule has 1 aliphatic heterocycles. The summed E-state index contributed by atoms with van der Waals surface area (Å²) in [5.74, 6) is -1.16. The van der Waals surface area contributed by atoms with Gasteiger partial charge in [-0.05, 0) is 74.6 Å². The van der Waals surface area contributed by atoms with Crippen LogP contribution in [0.5, 0.6) is 0 Å². The van der Waals surface area contributed by atoms with Gasteiger partial charge in [0.1, 0.15) is 6.54 Å². The van der Waals surface area contributed by atoms with Crippen molar-refractivity contribution in [2.75, 3.05) is 24.5 Å². The van der Waals surface area contributed by atoms with Crippen molar-refractivity contribution in [1.82, 2.24) is 20.5 Å². The third-order valence-corrected chi connectivity index (χ3v) is 9.08. The lowest BCUT2D eigenvalue weighted by Gasteiger charge is -2.35. The van der Waals surface area contributed by atoms with Gasteiger partial charge < -0.3 is 10.6 Å². The molecule has 6 rings (SSSR count). The third kappa shape index (κ3) is 7.62. The Labute approximate surface area is 271 Å². The number of para-hydroxylation sites is 2. The highest BCUT2D eigenvalue weighted by molar-refractivity contribution is 6.09. The predicted octanol–water partition coefficient (Wildman–Crippen LogP) is 5.83. The lowest BCUT2D eigenvalue weighted by atomic mass is 9.90. The first kappa shape index (κ1) is 32.2. The Bertz CT molecular complexity index is 1740. The van der Waals surface area contributed by atoms with Crippen molar-refractivity contribution in [3.8, 4) is 0 Å². The number of anilines is 1. The number of halogens is 3. The van der Waals surface area contributed by atoms with E-state index >= 15 is 0 Å². The van der Waals surface area contributed by atoms with Crippen molar-refractivity contribution >= 4 is 34.3 Å². The number of aromatic nitrogens is 1. The molecule has 11 heteroatoms. The van der Waals surface area contributed by atoms with Crippen LogP contribution in [0.1, 0.15) is 58.4 Å². The lowest BCUT2D eigenvalue weighted by Crippen LogP contribution is -2.47. The zero-order valence-electron chi connectivity index (χ0n) is 25.7. The second kappa shape index (κ2) is 13.9. The van der Waals surface area contributed by atoms with Crippen LogP contribution in [0.15, 0.2) is 91.1 Å². The largest absolute Gasteiger partial charge is 0.416 e. The number of likely N-dealkylation sites (tertiary alicyclic amines) is 1. The highest BCUT2D eigenvalue weighted by Gasteiger charge is 2.34. The Hall–Kier alpha value is -4.77. The molecular weight excluding hydrogens is 607 g/mol. The standard InChI is InChI=1S/C36H36F3N5O3/c37-36(38,39)25-8-6-7-24(21-25)35(47)44(29-9-2-1-3-10-29)23-33(45)41-27-18-20-43(22-27)28-15-13-26(14-16-28)42-34(46)31-17-19-40-32-12-5-4-11-30(31)32/h1-12,17,19,21,26-28H,13-16,18,20,22-23H2,(H,41,45)(H,42,46)/t26?,27-,28?/m1/s1. The van der Waals surface area contributed by atoms with E-state index in [9.17, 15) is 27.6 Å². The number of amides is 3. The first-order valence-electron chi connectivity index (χ1n) is 15.9. The highest BCUT2D eigenvalue weighted by atomic mass is 19.4. The Morgan fingerprint density at radius 3 is 2.34 bits per heavy atom. The molecule has 244 valence electrons. The van der Waals surface area contributed by atoms with E-state index in [1.165, 1.54) is 17.0 Å². The zero-order chi connectivity index (χ0) is 33.0. The average Bonchev–Trinajstić information content (AvgIpc) is 3.55. The molecule has 3 amide bonds. The molecule has 0 bridgehead atoms. The minimum atomic E-state index is -4.60. The van der Waals surface area contributed by atoms with E-state index in [4.69, 9.17) is 0 Å². The van der Waals surface area contributed by atoms with Crippen LogP contribution in [0, 0.1) is 0 Å². The molecule has 0 unspecified atom stereocenters. The van der Waals surface area contributed by atoms with Gasteiger partial charge in [-0.2, -0.15) is 13.2 Å². The van der Waals surface area contributed by atoms with Gasteiger partial charge >= 0.3 is 6.18 Å². The van der Waals surface area contributed by atoms with Crippen LogP contribution in [-0.4, -0.2) is 65.4 Å². The minimum Gasteiger partial charge on any atom is -0.350 e. The zero-order valence-corrected chi connectivity index (χ0v) is 25.7. The molecule has 8 nitrogen and oxygen atoms in total. The summed E-state index contributed by atoms with van der Waals surface area (Å²) < 4.78 is 40.0. The van der Waals surface area contributed by atoms with Gasteiger partial charge in [-0.15, -0.1) is 0 Å². The summed E-state index contributed by atoms with van der Waals surface area (Å²) in [5.41, 5.74) is 0.752. The van der Waals surface area contributed by atoms with E-state index in [2.05, 4.69) is 20.5 Å². The predicted molar refractivity (Wildman–Crippen MR) is 173 cm³/mol. The second-order valence-corrected chi connectivity index (χ2v) is 12.2. The number of benzene rings is 3. The SMILES string of the molecule is O=C(CN(C(=O)c1cccc(C(F)(F)F)c1)c1ccccc1)N[C@@H]1CCN(C2CCC(NC(=O)c3ccnc4ccccc34)CC2)C1. The Kier molecular flexibility index (Phi) is 9.53. The number of hydrogen-bond acceptors (Lipinski definition) is 5. The maximum atomic E-state index is 13.4. The van der Waals surface area contributed by atoms with Crippen molar-refractivity contribution in [2.24, 2.45) is 0 Å². The molecule has 2 aliphatic rings. The van der Waals surface area contributed by atoms with Gasteiger partial charge in [0.05, 0.1) is 16.6 Å². The molecule has 1 saturated carbocycles. The molecule has 3 aromatic carbocycles. The number of nitrogens with zero attached hydrogens (tertiary/aromatic N) is 3. The number of alkyl halides is 3. The van der Waals surface area contributed by atoms with E-state index < -0.39 is 17.6 Å². The summed E-state index contributed by atoms with van der Waals surface area (Å²) in [7, 11) is 0. The van der Waals surface area contributed by atoms with E-state index in [0.717, 1.165) is 61.7 Å². The third-order valence-electron chi connectivity index (χ3n) is 9.08. The fraction of sp³-hybridized carbons (Fsp3) is 0.333. The Morgan fingerprint density at radius 1 is 0.830 bits per heavy atom. The van der Waals surface area contributed by atoms with Gasteiger partial charge in [-0.1, -0.05) is 42.5 Å². The van der Waals surface area contributed by atoms with Gasteiger partial charge in [-0.25, -0.2) is 0 Å². The van der Waals surface area contributed by atoms with Gasteiger partial charge in [-0.3, -0.25) is 29.2 Å². The van der Waals surface area contributed by atoms with E-state index in [1.54, 1.807) is 42.6 Å². The number of nitrogens with one attached hydrogen (secondary N) is 2. The summed E-state index contributed by atoms with van der Waals surface area (Å²) in [6.07, 6.45) is 1.38. The monoisotopic (exact) mass is 643 g/mol. The molecule has 1 saturated heterocycles. The van der Waals surface area contributed by atoms with Gasteiger partial charge in [0, 0.05) is 54.0 Å². The smallest absolute Gasteiger partial charge is 0.350 e. The van der Waals surface area contributed by atoms with E-state index in [1.807, 2.05) is 24.3 Å². The molecule has 4 aromatic rings. The van der Waals surface area contributed by atoms with Crippen LogP contribution < -0.4 is 15.5 Å². The number of carbonyl (C=O) groups is 3. The summed E-state index contributed by atoms with van der Waals surface area (Å²) in [6.45, 7) is 1.16. The van der Waals surface area contributed by atoms with Gasteiger partial charge in [0.25, 0.3) is 11.8 Å². The number of rotatable bonds is 8. The number of hydrogen-bond donors (Lipinski definition) is 2. The second-order valence-electron chi connectivity index (χ2n) is 12.2. The molecule has 2 heterocycles. The summed E-state index contributed by atoms with van der Waals surface area (Å²) in [4.78, 5) is 47.7. The minimum absolute atomic E-state index is 0.0853. The normalized spacial score (nSPS) is 20.1. The van der Waals surface area contributed by atoms with E-state index in [0.29, 0.717) is 23.8 Å². The maximum absolute atomic E-state index is 13.4. The molecule has 2 N–H and O–H groups in total. The molecule has 2 fully saturated rings. The Morgan fingerprint density at radius 2 is 1.57 bits per heavy atom. The molecule has 1 aromatic heterocycles.